The van der Waals surface area contributed by atoms with Crippen LogP contribution >= 0.6 is 38.6 Å². The predicted octanol–water partition coefficient (Wildman–Crippen LogP) is 4.26. The first-order chi connectivity index (χ1) is 11.2. The van der Waals surface area contributed by atoms with Crippen molar-refractivity contribution in [2.75, 3.05) is 13.2 Å². The van der Waals surface area contributed by atoms with Crippen LogP contribution in [0.5, 0.6) is 0 Å². The monoisotopic (exact) mass is 442 g/mol. The van der Waals surface area contributed by atoms with Crippen LogP contribution in [-0.2, 0) is 16.0 Å². The number of thiophene rings is 1. The predicted molar refractivity (Wildman–Crippen MR) is 91.3 cm³/mol. The second-order valence-corrected chi connectivity index (χ2v) is 7.73. The molecule has 1 amide bonds. The summed E-state index contributed by atoms with van der Waals surface area (Å²) >= 11 is 6.37. The molecule has 0 fully saturated rings. The fourth-order valence-corrected chi connectivity index (χ4v) is 4.14. The quantitative estimate of drug-likeness (QED) is 0.696. The van der Waals surface area contributed by atoms with Gasteiger partial charge in [0.2, 0.25) is 5.91 Å². The molecule has 0 aliphatic heterocycles. The van der Waals surface area contributed by atoms with Crippen LogP contribution in [0.25, 0.3) is 9.88 Å². The number of rotatable bonds is 7. The van der Waals surface area contributed by atoms with Crippen LogP contribution in [0.3, 0.4) is 0 Å². The lowest BCUT2D eigenvalue weighted by atomic mass is 10.3. The Morgan fingerprint density at radius 1 is 1.42 bits per heavy atom. The third kappa shape index (κ3) is 6.50. The van der Waals surface area contributed by atoms with Gasteiger partial charge in [0.25, 0.3) is 0 Å². The van der Waals surface area contributed by atoms with Crippen molar-refractivity contribution in [1.29, 1.82) is 0 Å². The van der Waals surface area contributed by atoms with Gasteiger partial charge < -0.3 is 10.1 Å². The summed E-state index contributed by atoms with van der Waals surface area (Å²) in [6, 6.07) is 1.44. The standard InChI is InChI=1S/C14H14BrF3N2O2S2/c1-8(4-22-7-14(16,17)18)19-12(21)3-10-6-24-13(20-10)11-2-9(15)5-23-11/h2,5-6,8H,3-4,7H2,1H3,(H,19,21). The van der Waals surface area contributed by atoms with Gasteiger partial charge in [0.05, 0.1) is 23.6 Å². The Balaban J connectivity index is 1.79. The molecule has 4 nitrogen and oxygen atoms in total. The molecular weight excluding hydrogens is 429 g/mol. The molecule has 1 unspecified atom stereocenters. The maximum absolute atomic E-state index is 12.0. The van der Waals surface area contributed by atoms with Crippen molar-refractivity contribution < 1.29 is 22.7 Å². The third-order valence-corrected chi connectivity index (χ3v) is 5.46. The van der Waals surface area contributed by atoms with E-state index >= 15 is 0 Å². The van der Waals surface area contributed by atoms with Crippen molar-refractivity contribution in [3.63, 3.8) is 0 Å². The Morgan fingerprint density at radius 2 is 2.17 bits per heavy atom. The lowest BCUT2D eigenvalue weighted by molar-refractivity contribution is -0.175. The number of alkyl halides is 3. The molecule has 0 saturated heterocycles. The second kappa shape index (κ2) is 8.41. The minimum Gasteiger partial charge on any atom is -0.370 e. The van der Waals surface area contributed by atoms with Crippen LogP contribution in [0.2, 0.25) is 0 Å². The average molecular weight is 443 g/mol. The Hall–Kier alpha value is -0.970. The largest absolute Gasteiger partial charge is 0.411 e. The van der Waals surface area contributed by atoms with Gasteiger partial charge in [-0.25, -0.2) is 4.98 Å². The van der Waals surface area contributed by atoms with Crippen LogP contribution in [0.4, 0.5) is 13.2 Å². The first kappa shape index (κ1) is 19.4. The van der Waals surface area contributed by atoms with Crippen molar-refractivity contribution in [3.05, 3.63) is 27.0 Å². The molecule has 1 N–H and O–H groups in total. The Bertz CT molecular complexity index is 688. The van der Waals surface area contributed by atoms with Crippen LogP contribution in [0.15, 0.2) is 21.3 Å². The highest BCUT2D eigenvalue weighted by atomic mass is 79.9. The molecule has 0 saturated carbocycles. The van der Waals surface area contributed by atoms with E-state index in [1.54, 1.807) is 23.6 Å². The minimum absolute atomic E-state index is 0.0760. The summed E-state index contributed by atoms with van der Waals surface area (Å²) in [5, 5.41) is 7.17. The van der Waals surface area contributed by atoms with E-state index in [0.29, 0.717) is 5.69 Å². The van der Waals surface area contributed by atoms with Crippen molar-refractivity contribution in [2.45, 2.75) is 25.6 Å². The number of hydrogen-bond acceptors (Lipinski definition) is 5. The van der Waals surface area contributed by atoms with Crippen LogP contribution in [0.1, 0.15) is 12.6 Å². The fourth-order valence-electron chi connectivity index (χ4n) is 1.81. The molecule has 0 aliphatic carbocycles. The summed E-state index contributed by atoms with van der Waals surface area (Å²) in [7, 11) is 0. The lowest BCUT2D eigenvalue weighted by Crippen LogP contribution is -2.37. The number of carbonyl (C=O) groups is 1. The molecule has 0 aliphatic rings. The van der Waals surface area contributed by atoms with Crippen molar-refractivity contribution in [1.82, 2.24) is 10.3 Å². The second-order valence-electron chi connectivity index (χ2n) is 5.05. The summed E-state index contributed by atoms with van der Waals surface area (Å²) in [4.78, 5) is 17.3. The maximum Gasteiger partial charge on any atom is 0.411 e. The molecule has 2 heterocycles. The van der Waals surface area contributed by atoms with Crippen LogP contribution in [0, 0.1) is 0 Å². The first-order valence-electron chi connectivity index (χ1n) is 6.85. The van der Waals surface area contributed by atoms with Crippen molar-refractivity contribution in [3.8, 4) is 9.88 Å². The number of hydrogen-bond donors (Lipinski definition) is 1. The number of ether oxygens (including phenoxy) is 1. The Morgan fingerprint density at radius 3 is 2.79 bits per heavy atom. The van der Waals surface area contributed by atoms with E-state index in [1.807, 2.05) is 11.4 Å². The minimum atomic E-state index is -4.36. The molecule has 2 aromatic rings. The fraction of sp³-hybridized carbons (Fsp3) is 0.429. The van der Waals surface area contributed by atoms with Gasteiger partial charge in [-0.05, 0) is 28.9 Å². The summed E-state index contributed by atoms with van der Waals surface area (Å²) in [6.45, 7) is 0.0692. The zero-order valence-corrected chi connectivity index (χ0v) is 15.7. The Kier molecular flexibility index (Phi) is 6.79. The topological polar surface area (TPSA) is 51.2 Å². The zero-order chi connectivity index (χ0) is 17.7. The number of nitrogens with one attached hydrogen (secondary N) is 1. The normalized spacial score (nSPS) is 13.0. The summed E-state index contributed by atoms with van der Waals surface area (Å²) in [5.74, 6) is -0.303. The van der Waals surface area contributed by atoms with Gasteiger partial charge >= 0.3 is 6.18 Å². The van der Waals surface area contributed by atoms with Gasteiger partial charge in [-0.3, -0.25) is 4.79 Å². The van der Waals surface area contributed by atoms with Gasteiger partial charge in [0.15, 0.2) is 0 Å². The smallest absolute Gasteiger partial charge is 0.370 e. The number of thiazole rings is 1. The van der Waals surface area contributed by atoms with E-state index in [2.05, 4.69) is 31.0 Å². The molecule has 1 atom stereocenters. The summed E-state index contributed by atoms with van der Waals surface area (Å²) in [6.07, 6.45) is -4.29. The lowest BCUT2D eigenvalue weighted by Gasteiger charge is -2.14. The maximum atomic E-state index is 12.0. The molecule has 24 heavy (non-hydrogen) atoms. The zero-order valence-electron chi connectivity index (χ0n) is 12.5. The Labute approximate surface area is 153 Å². The molecule has 132 valence electrons. The van der Waals surface area contributed by atoms with Gasteiger partial charge in [0, 0.05) is 21.3 Å². The number of nitrogens with zero attached hydrogens (tertiary/aromatic N) is 1. The van der Waals surface area contributed by atoms with E-state index in [1.165, 1.54) is 11.3 Å². The van der Waals surface area contributed by atoms with Crippen LogP contribution < -0.4 is 5.32 Å². The number of amides is 1. The van der Waals surface area contributed by atoms with Gasteiger partial charge in [-0.15, -0.1) is 22.7 Å². The van der Waals surface area contributed by atoms with Crippen molar-refractivity contribution in [2.24, 2.45) is 0 Å². The highest BCUT2D eigenvalue weighted by molar-refractivity contribution is 9.10. The van der Waals surface area contributed by atoms with E-state index in [9.17, 15) is 18.0 Å². The first-order valence-corrected chi connectivity index (χ1v) is 9.41. The number of carbonyl (C=O) groups excluding carboxylic acids is 1. The van der Waals surface area contributed by atoms with Gasteiger partial charge in [-0.2, -0.15) is 13.2 Å². The number of aromatic nitrogens is 1. The van der Waals surface area contributed by atoms with Crippen LogP contribution in [-0.4, -0.2) is 36.3 Å². The molecule has 0 bridgehead atoms. The average Bonchev–Trinajstić information content (AvgIpc) is 3.06. The van der Waals surface area contributed by atoms with E-state index < -0.39 is 18.8 Å². The SMILES string of the molecule is CC(COCC(F)(F)F)NC(=O)Cc1csc(-c2cc(Br)cs2)n1. The molecule has 10 heteroatoms. The molecule has 2 rings (SSSR count). The highest BCUT2D eigenvalue weighted by Gasteiger charge is 2.27. The van der Waals surface area contributed by atoms with Gasteiger partial charge in [0.1, 0.15) is 11.6 Å². The summed E-state index contributed by atoms with van der Waals surface area (Å²) < 4.78 is 41.4. The van der Waals surface area contributed by atoms with E-state index in [4.69, 9.17) is 0 Å². The highest BCUT2D eigenvalue weighted by Crippen LogP contribution is 2.32. The molecule has 2 aromatic heterocycles. The van der Waals surface area contributed by atoms with E-state index in [-0.39, 0.29) is 18.9 Å². The molecule has 0 spiro atoms. The molecule has 0 aromatic carbocycles. The number of halogens is 4. The summed E-state index contributed by atoms with van der Waals surface area (Å²) in [5.41, 5.74) is 0.625. The van der Waals surface area contributed by atoms with E-state index in [0.717, 1.165) is 14.4 Å². The molecule has 0 radical (unpaired) electrons. The van der Waals surface area contributed by atoms with Gasteiger partial charge in [-0.1, -0.05) is 0 Å². The third-order valence-electron chi connectivity index (χ3n) is 2.71. The molecular formula is C14H14BrF3N2O2S2. The van der Waals surface area contributed by atoms with Crippen molar-refractivity contribution >= 4 is 44.5 Å².